The number of hydrogen-bond acceptors (Lipinski definition) is 4. The molecule has 4 rings (SSSR count). The second-order valence-corrected chi connectivity index (χ2v) is 8.05. The summed E-state index contributed by atoms with van der Waals surface area (Å²) in [5, 5.41) is 8.07. The molecule has 2 aromatic heterocycles. The van der Waals surface area contributed by atoms with E-state index in [2.05, 4.69) is 43.2 Å². The van der Waals surface area contributed by atoms with Crippen LogP contribution in [0.5, 0.6) is 0 Å². The van der Waals surface area contributed by atoms with E-state index in [-0.39, 0.29) is 17.9 Å². The largest absolute Gasteiger partial charge is 0.353 e. The van der Waals surface area contributed by atoms with E-state index >= 15 is 0 Å². The van der Waals surface area contributed by atoms with Gasteiger partial charge in [-0.25, -0.2) is 9.50 Å². The van der Waals surface area contributed by atoms with Crippen LogP contribution in [0.1, 0.15) is 24.9 Å². The minimum Gasteiger partial charge on any atom is -0.353 e. The average Bonchev–Trinajstić information content (AvgIpc) is 3.00. The van der Waals surface area contributed by atoms with E-state index in [1.807, 2.05) is 36.5 Å². The Morgan fingerprint density at radius 3 is 2.81 bits per heavy atom. The zero-order valence-electron chi connectivity index (χ0n) is 14.8. The van der Waals surface area contributed by atoms with Gasteiger partial charge in [0.25, 0.3) is 0 Å². The molecule has 1 aliphatic heterocycles. The maximum Gasteiger partial charge on any atom is 0.227 e. The van der Waals surface area contributed by atoms with Gasteiger partial charge in [0.05, 0.1) is 12.0 Å². The normalized spacial score (nSPS) is 15.6. The average molecular weight is 449 g/mol. The van der Waals surface area contributed by atoms with E-state index in [0.717, 1.165) is 27.8 Å². The van der Waals surface area contributed by atoms with Crippen LogP contribution in [0.25, 0.3) is 5.52 Å². The summed E-state index contributed by atoms with van der Waals surface area (Å²) in [5.74, 6) is 0.888. The van der Waals surface area contributed by atoms with Gasteiger partial charge in [0, 0.05) is 28.8 Å². The maximum atomic E-state index is 12.7. The highest BCUT2D eigenvalue weighted by Gasteiger charge is 2.35. The number of anilines is 1. The molecule has 27 heavy (non-hydrogen) atoms. The highest BCUT2D eigenvalue weighted by Crippen LogP contribution is 2.29. The van der Waals surface area contributed by atoms with Gasteiger partial charge in [-0.15, -0.1) is 0 Å². The number of hydrogen-bond donors (Lipinski definition) is 1. The maximum absolute atomic E-state index is 12.7. The Morgan fingerprint density at radius 1 is 1.37 bits per heavy atom. The Balaban J connectivity index is 1.41. The van der Waals surface area contributed by atoms with Crippen molar-refractivity contribution < 1.29 is 4.79 Å². The molecule has 3 aromatic rings. The summed E-state index contributed by atoms with van der Waals surface area (Å²) in [6.07, 6.45) is 4.26. The fourth-order valence-electron chi connectivity index (χ4n) is 3.35. The minimum atomic E-state index is -0.0419. The molecule has 0 unspecified atom stereocenters. The molecule has 0 saturated carbocycles. The molecule has 0 aliphatic carbocycles. The quantitative estimate of drug-likeness (QED) is 0.644. The Hall–Kier alpha value is -2.12. The van der Waals surface area contributed by atoms with E-state index in [1.54, 1.807) is 4.52 Å². The van der Waals surface area contributed by atoms with Crippen molar-refractivity contribution in [3.8, 4) is 0 Å². The van der Waals surface area contributed by atoms with Crippen LogP contribution < -0.4 is 10.2 Å². The van der Waals surface area contributed by atoms with Gasteiger partial charge in [-0.2, -0.15) is 5.10 Å². The molecule has 1 saturated heterocycles. The van der Waals surface area contributed by atoms with Crippen LogP contribution in [0.2, 0.25) is 5.02 Å². The van der Waals surface area contributed by atoms with Crippen LogP contribution in [0.15, 0.2) is 47.3 Å². The van der Waals surface area contributed by atoms with Crippen molar-refractivity contribution in [2.45, 2.75) is 19.4 Å². The molecule has 0 spiro atoms. The van der Waals surface area contributed by atoms with Gasteiger partial charge in [0.1, 0.15) is 11.8 Å². The first-order chi connectivity index (χ1) is 13.0. The first-order valence-electron chi connectivity index (χ1n) is 8.85. The minimum absolute atomic E-state index is 0.00356. The molecule has 0 bridgehead atoms. The van der Waals surface area contributed by atoms with E-state index in [4.69, 9.17) is 11.6 Å². The number of nitrogens with one attached hydrogen (secondary N) is 1. The van der Waals surface area contributed by atoms with Crippen LogP contribution in [0.4, 0.5) is 5.82 Å². The molecule has 1 aromatic carbocycles. The summed E-state index contributed by atoms with van der Waals surface area (Å²) in [6.45, 7) is 3.37. The molecule has 6 nitrogen and oxygen atoms in total. The molecule has 3 heterocycles. The SMILES string of the molecule is CC[C@H](NC(=O)C1CN(c2ncnn3cc(Br)cc23)C1)c1ccc(Cl)cc1. The smallest absolute Gasteiger partial charge is 0.227 e. The van der Waals surface area contributed by atoms with Crippen LogP contribution in [0, 0.1) is 5.92 Å². The lowest BCUT2D eigenvalue weighted by Crippen LogP contribution is -2.54. The lowest BCUT2D eigenvalue weighted by atomic mass is 9.97. The summed E-state index contributed by atoms with van der Waals surface area (Å²) >= 11 is 9.42. The van der Waals surface area contributed by atoms with E-state index < -0.39 is 0 Å². The molecule has 1 fully saturated rings. The summed E-state index contributed by atoms with van der Waals surface area (Å²) in [4.78, 5) is 19.2. The van der Waals surface area contributed by atoms with Gasteiger partial charge in [-0.1, -0.05) is 30.7 Å². The zero-order valence-corrected chi connectivity index (χ0v) is 17.1. The summed E-state index contributed by atoms with van der Waals surface area (Å²) < 4.78 is 2.74. The van der Waals surface area contributed by atoms with Crippen molar-refractivity contribution in [2.75, 3.05) is 18.0 Å². The molecule has 1 atom stereocenters. The number of carbonyl (C=O) groups excluding carboxylic acids is 1. The number of amides is 1. The van der Waals surface area contributed by atoms with Crippen LogP contribution in [0.3, 0.4) is 0 Å². The first-order valence-corrected chi connectivity index (χ1v) is 10.0. The van der Waals surface area contributed by atoms with Crippen LogP contribution in [-0.2, 0) is 4.79 Å². The number of aromatic nitrogens is 3. The van der Waals surface area contributed by atoms with E-state index in [0.29, 0.717) is 18.1 Å². The topological polar surface area (TPSA) is 62.5 Å². The molecule has 0 radical (unpaired) electrons. The highest BCUT2D eigenvalue weighted by molar-refractivity contribution is 9.10. The van der Waals surface area contributed by atoms with E-state index in [1.165, 1.54) is 6.33 Å². The fourth-order valence-corrected chi connectivity index (χ4v) is 3.89. The molecule has 1 N–H and O–H groups in total. The van der Waals surface area contributed by atoms with Gasteiger partial charge < -0.3 is 10.2 Å². The third-order valence-corrected chi connectivity index (χ3v) is 5.59. The molecular formula is C19H19BrClN5O. The monoisotopic (exact) mass is 447 g/mol. The Labute approximate surface area is 170 Å². The van der Waals surface area contributed by atoms with Crippen molar-refractivity contribution >= 4 is 44.8 Å². The number of fused-ring (bicyclic) bond motifs is 1. The standard InChI is InChI=1S/C19H19BrClN5O/c1-2-16(12-3-5-15(21)6-4-12)24-19(27)13-8-25(9-13)18-17-7-14(20)10-26(17)23-11-22-18/h3-7,10-11,13,16H,2,8-9H2,1H3,(H,24,27)/t16-/m0/s1. The number of rotatable bonds is 5. The molecule has 1 amide bonds. The summed E-state index contributed by atoms with van der Waals surface area (Å²) in [7, 11) is 0. The zero-order chi connectivity index (χ0) is 19.0. The summed E-state index contributed by atoms with van der Waals surface area (Å²) in [6, 6.07) is 9.62. The van der Waals surface area contributed by atoms with Gasteiger partial charge in [-0.05, 0) is 46.1 Å². The Kier molecular flexibility index (Phi) is 5.06. The van der Waals surface area contributed by atoms with Crippen molar-refractivity contribution in [1.29, 1.82) is 0 Å². The highest BCUT2D eigenvalue weighted by atomic mass is 79.9. The van der Waals surface area contributed by atoms with Gasteiger partial charge >= 0.3 is 0 Å². The number of benzene rings is 1. The first kappa shape index (κ1) is 18.3. The van der Waals surface area contributed by atoms with Crippen LogP contribution in [-0.4, -0.2) is 33.6 Å². The molecule has 8 heteroatoms. The molecule has 140 valence electrons. The summed E-state index contributed by atoms with van der Waals surface area (Å²) in [5.41, 5.74) is 2.00. The fraction of sp³-hybridized carbons (Fsp3) is 0.316. The van der Waals surface area contributed by atoms with Crippen molar-refractivity contribution in [1.82, 2.24) is 19.9 Å². The van der Waals surface area contributed by atoms with Crippen LogP contribution >= 0.6 is 27.5 Å². The number of carbonyl (C=O) groups is 1. The Morgan fingerprint density at radius 2 is 2.11 bits per heavy atom. The predicted molar refractivity (Wildman–Crippen MR) is 109 cm³/mol. The Bertz CT molecular complexity index is 968. The second-order valence-electron chi connectivity index (χ2n) is 6.69. The molecular weight excluding hydrogens is 430 g/mol. The van der Waals surface area contributed by atoms with Gasteiger partial charge in [0.15, 0.2) is 5.82 Å². The van der Waals surface area contributed by atoms with E-state index in [9.17, 15) is 4.79 Å². The van der Waals surface area contributed by atoms with Crippen molar-refractivity contribution in [3.05, 3.63) is 57.9 Å². The van der Waals surface area contributed by atoms with Crippen molar-refractivity contribution in [3.63, 3.8) is 0 Å². The van der Waals surface area contributed by atoms with Gasteiger partial charge in [-0.3, -0.25) is 4.79 Å². The molecule has 1 aliphatic rings. The second kappa shape index (κ2) is 7.48. The third-order valence-electron chi connectivity index (χ3n) is 4.90. The third kappa shape index (κ3) is 3.66. The number of halogens is 2. The van der Waals surface area contributed by atoms with Gasteiger partial charge in [0.2, 0.25) is 5.91 Å². The lowest BCUT2D eigenvalue weighted by molar-refractivity contribution is -0.126. The van der Waals surface area contributed by atoms with Crippen molar-refractivity contribution in [2.24, 2.45) is 5.92 Å². The lowest BCUT2D eigenvalue weighted by Gasteiger charge is -2.39. The predicted octanol–water partition coefficient (Wildman–Crippen LogP) is 3.85. The number of nitrogens with zero attached hydrogens (tertiary/aromatic N) is 4.